The summed E-state index contributed by atoms with van der Waals surface area (Å²) in [6.07, 6.45) is 3.63. The molecular weight excluding hydrogens is 245 g/mol. The molecule has 0 spiro atoms. The SMILES string of the molecule is CCC1CCN(Cc2ccc(C(=O)O)c(F)c2)CC1. The van der Waals surface area contributed by atoms with Gasteiger partial charge >= 0.3 is 5.97 Å². The summed E-state index contributed by atoms with van der Waals surface area (Å²) in [6, 6.07) is 4.40. The second-order valence-electron chi connectivity index (χ2n) is 5.25. The number of carboxylic acid groups (broad SMARTS) is 1. The number of carboxylic acids is 1. The molecule has 1 N–H and O–H groups in total. The van der Waals surface area contributed by atoms with Crippen molar-refractivity contribution in [1.82, 2.24) is 4.90 Å². The zero-order chi connectivity index (χ0) is 13.8. The van der Waals surface area contributed by atoms with Crippen molar-refractivity contribution >= 4 is 5.97 Å². The molecule has 1 aliphatic heterocycles. The second-order valence-corrected chi connectivity index (χ2v) is 5.25. The summed E-state index contributed by atoms with van der Waals surface area (Å²) in [7, 11) is 0. The second kappa shape index (κ2) is 6.15. The number of halogens is 1. The Balaban J connectivity index is 1.97. The van der Waals surface area contributed by atoms with E-state index in [-0.39, 0.29) is 5.56 Å². The van der Waals surface area contributed by atoms with Gasteiger partial charge in [-0.1, -0.05) is 19.4 Å². The highest BCUT2D eigenvalue weighted by atomic mass is 19.1. The van der Waals surface area contributed by atoms with E-state index in [1.807, 2.05) is 0 Å². The van der Waals surface area contributed by atoms with E-state index in [0.717, 1.165) is 24.6 Å². The van der Waals surface area contributed by atoms with Crippen molar-refractivity contribution in [3.8, 4) is 0 Å². The Labute approximate surface area is 113 Å². The number of hydrogen-bond acceptors (Lipinski definition) is 2. The Hall–Kier alpha value is -1.42. The van der Waals surface area contributed by atoms with E-state index < -0.39 is 11.8 Å². The van der Waals surface area contributed by atoms with Gasteiger partial charge < -0.3 is 5.11 Å². The monoisotopic (exact) mass is 265 g/mol. The third-order valence-electron chi connectivity index (χ3n) is 3.95. The highest BCUT2D eigenvalue weighted by Crippen LogP contribution is 2.21. The van der Waals surface area contributed by atoms with Gasteiger partial charge in [0.1, 0.15) is 5.82 Å². The van der Waals surface area contributed by atoms with E-state index in [1.165, 1.54) is 31.4 Å². The van der Waals surface area contributed by atoms with Gasteiger partial charge in [0.25, 0.3) is 0 Å². The van der Waals surface area contributed by atoms with Gasteiger partial charge in [0.05, 0.1) is 5.56 Å². The van der Waals surface area contributed by atoms with Gasteiger partial charge in [-0.25, -0.2) is 9.18 Å². The first-order chi connectivity index (χ1) is 9.10. The van der Waals surface area contributed by atoms with Gasteiger partial charge in [0, 0.05) is 6.54 Å². The molecule has 1 heterocycles. The molecule has 1 fully saturated rings. The van der Waals surface area contributed by atoms with Crippen LogP contribution < -0.4 is 0 Å². The summed E-state index contributed by atoms with van der Waals surface area (Å²) in [5, 5.41) is 8.78. The third-order valence-corrected chi connectivity index (χ3v) is 3.95. The lowest BCUT2D eigenvalue weighted by atomic mass is 9.94. The lowest BCUT2D eigenvalue weighted by Crippen LogP contribution is -2.33. The molecular formula is C15H20FNO2. The number of carbonyl (C=O) groups is 1. The predicted octanol–water partition coefficient (Wildman–Crippen LogP) is 3.15. The highest BCUT2D eigenvalue weighted by molar-refractivity contribution is 5.87. The van der Waals surface area contributed by atoms with Gasteiger partial charge in [-0.15, -0.1) is 0 Å². The van der Waals surface area contributed by atoms with Crippen molar-refractivity contribution in [2.45, 2.75) is 32.7 Å². The lowest BCUT2D eigenvalue weighted by Gasteiger charge is -2.31. The normalized spacial score (nSPS) is 17.6. The minimum absolute atomic E-state index is 0.256. The van der Waals surface area contributed by atoms with Crippen LogP contribution in [0.15, 0.2) is 18.2 Å². The summed E-state index contributed by atoms with van der Waals surface area (Å²) in [6.45, 7) is 5.01. The van der Waals surface area contributed by atoms with Crippen molar-refractivity contribution in [3.05, 3.63) is 35.1 Å². The van der Waals surface area contributed by atoms with Crippen LogP contribution in [0.1, 0.15) is 42.1 Å². The van der Waals surface area contributed by atoms with Crippen molar-refractivity contribution in [2.24, 2.45) is 5.92 Å². The first-order valence-corrected chi connectivity index (χ1v) is 6.84. The van der Waals surface area contributed by atoms with Crippen LogP contribution in [0.3, 0.4) is 0 Å². The number of rotatable bonds is 4. The molecule has 4 heteroatoms. The molecule has 19 heavy (non-hydrogen) atoms. The van der Waals surface area contributed by atoms with E-state index in [9.17, 15) is 9.18 Å². The van der Waals surface area contributed by atoms with E-state index in [0.29, 0.717) is 6.54 Å². The molecule has 0 amide bonds. The molecule has 0 unspecified atom stereocenters. The number of aromatic carboxylic acids is 1. The topological polar surface area (TPSA) is 40.5 Å². The molecule has 1 aliphatic rings. The van der Waals surface area contributed by atoms with E-state index in [1.54, 1.807) is 6.07 Å². The zero-order valence-electron chi connectivity index (χ0n) is 11.2. The molecule has 1 saturated heterocycles. The maximum absolute atomic E-state index is 13.6. The first kappa shape index (κ1) is 14.0. The molecule has 1 aromatic rings. The standard InChI is InChI=1S/C15H20FNO2/c1-2-11-5-7-17(8-6-11)10-12-3-4-13(15(18)19)14(16)9-12/h3-4,9,11H,2,5-8,10H2,1H3,(H,18,19). The molecule has 2 rings (SSSR count). The lowest BCUT2D eigenvalue weighted by molar-refractivity contribution is 0.0692. The van der Waals surface area contributed by atoms with Gasteiger partial charge in [-0.05, 0) is 49.5 Å². The molecule has 0 bridgehead atoms. The molecule has 104 valence electrons. The van der Waals surface area contributed by atoms with Crippen LogP contribution in [0.2, 0.25) is 0 Å². The van der Waals surface area contributed by atoms with Crippen LogP contribution in [-0.4, -0.2) is 29.1 Å². The summed E-state index contributed by atoms with van der Waals surface area (Å²) >= 11 is 0. The molecule has 1 aromatic carbocycles. The van der Waals surface area contributed by atoms with E-state index in [4.69, 9.17) is 5.11 Å². The number of benzene rings is 1. The van der Waals surface area contributed by atoms with Crippen LogP contribution in [0.4, 0.5) is 4.39 Å². The largest absolute Gasteiger partial charge is 0.478 e. The van der Waals surface area contributed by atoms with Crippen molar-refractivity contribution in [1.29, 1.82) is 0 Å². The Bertz CT molecular complexity index is 453. The van der Waals surface area contributed by atoms with Crippen LogP contribution in [0, 0.1) is 11.7 Å². The summed E-state index contributed by atoms with van der Waals surface area (Å²) in [5.74, 6) is -1.04. The highest BCUT2D eigenvalue weighted by Gasteiger charge is 2.18. The Morgan fingerprint density at radius 2 is 2.11 bits per heavy atom. The average molecular weight is 265 g/mol. The molecule has 0 radical (unpaired) electrons. The van der Waals surface area contributed by atoms with Gasteiger partial charge in [0.15, 0.2) is 0 Å². The molecule has 3 nitrogen and oxygen atoms in total. The molecule has 0 atom stereocenters. The summed E-state index contributed by atoms with van der Waals surface area (Å²) < 4.78 is 13.6. The molecule has 0 saturated carbocycles. The minimum atomic E-state index is -1.21. The van der Waals surface area contributed by atoms with Crippen molar-refractivity contribution in [2.75, 3.05) is 13.1 Å². The number of nitrogens with zero attached hydrogens (tertiary/aromatic N) is 1. The maximum Gasteiger partial charge on any atom is 0.338 e. The number of hydrogen-bond donors (Lipinski definition) is 1. The fraction of sp³-hybridized carbons (Fsp3) is 0.533. The van der Waals surface area contributed by atoms with Crippen LogP contribution in [0.5, 0.6) is 0 Å². The molecule has 0 aromatic heterocycles. The summed E-state index contributed by atoms with van der Waals surface area (Å²) in [4.78, 5) is 13.0. The van der Waals surface area contributed by atoms with Crippen molar-refractivity contribution < 1.29 is 14.3 Å². The van der Waals surface area contributed by atoms with Crippen LogP contribution in [0.25, 0.3) is 0 Å². The zero-order valence-corrected chi connectivity index (χ0v) is 11.2. The average Bonchev–Trinajstić information content (AvgIpc) is 2.39. The predicted molar refractivity (Wildman–Crippen MR) is 71.7 cm³/mol. The summed E-state index contributed by atoms with van der Waals surface area (Å²) in [5.41, 5.74) is 0.589. The first-order valence-electron chi connectivity index (χ1n) is 6.84. The van der Waals surface area contributed by atoms with E-state index in [2.05, 4.69) is 11.8 Å². The Kier molecular flexibility index (Phi) is 4.53. The van der Waals surface area contributed by atoms with Crippen LogP contribution in [-0.2, 0) is 6.54 Å². The van der Waals surface area contributed by atoms with Gasteiger partial charge in [0.2, 0.25) is 0 Å². The Morgan fingerprint density at radius 1 is 1.42 bits per heavy atom. The molecule has 0 aliphatic carbocycles. The maximum atomic E-state index is 13.6. The minimum Gasteiger partial charge on any atom is -0.478 e. The van der Waals surface area contributed by atoms with E-state index >= 15 is 0 Å². The number of piperidine rings is 1. The third kappa shape index (κ3) is 3.53. The van der Waals surface area contributed by atoms with Gasteiger partial charge in [-0.2, -0.15) is 0 Å². The van der Waals surface area contributed by atoms with Gasteiger partial charge in [-0.3, -0.25) is 4.90 Å². The van der Waals surface area contributed by atoms with Crippen molar-refractivity contribution in [3.63, 3.8) is 0 Å². The fourth-order valence-electron chi connectivity index (χ4n) is 2.64. The fourth-order valence-corrected chi connectivity index (χ4v) is 2.64. The Morgan fingerprint density at radius 3 is 2.63 bits per heavy atom. The smallest absolute Gasteiger partial charge is 0.338 e. The quantitative estimate of drug-likeness (QED) is 0.909. The van der Waals surface area contributed by atoms with Crippen LogP contribution >= 0.6 is 0 Å². The number of likely N-dealkylation sites (tertiary alicyclic amines) is 1.